The Labute approximate surface area is 93.0 Å². The van der Waals surface area contributed by atoms with E-state index in [1.54, 1.807) is 12.1 Å². The van der Waals surface area contributed by atoms with Gasteiger partial charge in [-0.1, -0.05) is 18.2 Å². The molecule has 1 atom stereocenters. The zero-order valence-electron chi connectivity index (χ0n) is 8.68. The smallest absolute Gasteiger partial charge is 0.407 e. The Balaban J connectivity index is 1.91. The lowest BCUT2D eigenvalue weighted by molar-refractivity contribution is 0.104. The Morgan fingerprint density at radius 3 is 3.00 bits per heavy atom. The summed E-state index contributed by atoms with van der Waals surface area (Å²) in [6.07, 6.45) is -0.678. The number of alkyl carbamates (subject to hydrolysis) is 1. The lowest BCUT2D eigenvalue weighted by Gasteiger charge is -2.12. The van der Waals surface area contributed by atoms with Crippen LogP contribution in [0.5, 0.6) is 5.75 Å². The van der Waals surface area contributed by atoms with E-state index in [-0.39, 0.29) is 19.3 Å². The van der Waals surface area contributed by atoms with Crippen LogP contribution >= 0.6 is 0 Å². The maximum absolute atomic E-state index is 10.8. The van der Waals surface area contributed by atoms with Crippen LogP contribution in [0, 0.1) is 0 Å². The summed E-state index contributed by atoms with van der Waals surface area (Å²) in [5.74, 6) is 0.618. The van der Waals surface area contributed by atoms with Crippen LogP contribution in [0.15, 0.2) is 24.3 Å². The van der Waals surface area contributed by atoms with Crippen LogP contribution in [0.3, 0.4) is 0 Å². The number of cyclic esters (lactones) is 1. The molecule has 1 aliphatic rings. The maximum atomic E-state index is 10.8. The number of aliphatic hydroxyl groups excluding tert-OH is 1. The van der Waals surface area contributed by atoms with Gasteiger partial charge in [0.1, 0.15) is 12.4 Å². The van der Waals surface area contributed by atoms with Gasteiger partial charge in [-0.2, -0.15) is 0 Å². The minimum absolute atomic E-state index is 0.0706. The number of nitrogens with one attached hydrogen (secondary N) is 1. The molecule has 0 aliphatic carbocycles. The van der Waals surface area contributed by atoms with Crippen molar-refractivity contribution in [2.45, 2.75) is 12.7 Å². The molecule has 1 unspecified atom stereocenters. The van der Waals surface area contributed by atoms with E-state index < -0.39 is 6.09 Å². The molecule has 1 amide bonds. The largest absolute Gasteiger partial charge is 0.489 e. The van der Waals surface area contributed by atoms with E-state index >= 15 is 0 Å². The van der Waals surface area contributed by atoms with Crippen molar-refractivity contribution in [1.29, 1.82) is 0 Å². The van der Waals surface area contributed by atoms with Crippen molar-refractivity contribution in [3.63, 3.8) is 0 Å². The van der Waals surface area contributed by atoms with E-state index in [0.29, 0.717) is 12.3 Å². The number of hydrogen-bond acceptors (Lipinski definition) is 4. The molecule has 0 radical (unpaired) electrons. The Morgan fingerprint density at radius 1 is 1.50 bits per heavy atom. The second-order valence-electron chi connectivity index (χ2n) is 3.49. The fourth-order valence-electron chi connectivity index (χ4n) is 1.48. The van der Waals surface area contributed by atoms with Crippen LogP contribution in [0.4, 0.5) is 4.79 Å². The summed E-state index contributed by atoms with van der Waals surface area (Å²) in [4.78, 5) is 10.8. The summed E-state index contributed by atoms with van der Waals surface area (Å²) in [7, 11) is 0. The molecule has 2 N–H and O–H groups in total. The van der Waals surface area contributed by atoms with Gasteiger partial charge in [0, 0.05) is 5.56 Å². The highest BCUT2D eigenvalue weighted by molar-refractivity contribution is 5.69. The first-order valence-electron chi connectivity index (χ1n) is 5.05. The van der Waals surface area contributed by atoms with Gasteiger partial charge in [-0.3, -0.25) is 0 Å². The van der Waals surface area contributed by atoms with E-state index in [1.807, 2.05) is 12.1 Å². The van der Waals surface area contributed by atoms with Gasteiger partial charge in [0.15, 0.2) is 6.10 Å². The topological polar surface area (TPSA) is 67.8 Å². The first-order valence-corrected chi connectivity index (χ1v) is 5.05. The highest BCUT2D eigenvalue weighted by Crippen LogP contribution is 2.18. The molecule has 1 aromatic rings. The van der Waals surface area contributed by atoms with Crippen LogP contribution in [0.1, 0.15) is 5.56 Å². The molecule has 0 bridgehead atoms. The molecule has 0 saturated carbocycles. The molecular weight excluding hydrogens is 210 g/mol. The van der Waals surface area contributed by atoms with E-state index in [0.717, 1.165) is 5.56 Å². The quantitative estimate of drug-likeness (QED) is 0.787. The summed E-state index contributed by atoms with van der Waals surface area (Å²) in [5.41, 5.74) is 0.722. The summed E-state index contributed by atoms with van der Waals surface area (Å²) in [5, 5.41) is 11.6. The van der Waals surface area contributed by atoms with Crippen molar-refractivity contribution in [3.05, 3.63) is 29.8 Å². The Bertz CT molecular complexity index is 380. The van der Waals surface area contributed by atoms with Crippen molar-refractivity contribution in [3.8, 4) is 5.75 Å². The van der Waals surface area contributed by atoms with E-state index in [2.05, 4.69) is 5.32 Å². The number of hydrogen-bond donors (Lipinski definition) is 2. The molecule has 5 heteroatoms. The Hall–Kier alpha value is -1.75. The predicted molar refractivity (Wildman–Crippen MR) is 56.1 cm³/mol. The van der Waals surface area contributed by atoms with Gasteiger partial charge in [0.05, 0.1) is 13.2 Å². The van der Waals surface area contributed by atoms with Crippen molar-refractivity contribution in [2.24, 2.45) is 0 Å². The lowest BCUT2D eigenvalue weighted by atomic mass is 10.2. The summed E-state index contributed by atoms with van der Waals surface area (Å²) in [6.45, 7) is 0.675. The van der Waals surface area contributed by atoms with Gasteiger partial charge < -0.3 is 19.9 Å². The monoisotopic (exact) mass is 223 g/mol. The zero-order chi connectivity index (χ0) is 11.4. The number of carbonyl (C=O) groups is 1. The first-order chi connectivity index (χ1) is 7.79. The fourth-order valence-corrected chi connectivity index (χ4v) is 1.48. The van der Waals surface area contributed by atoms with Crippen molar-refractivity contribution in [2.75, 3.05) is 13.2 Å². The average Bonchev–Trinajstić information content (AvgIpc) is 2.73. The normalized spacial score (nSPS) is 19.1. The number of benzene rings is 1. The second-order valence-corrected chi connectivity index (χ2v) is 3.49. The van der Waals surface area contributed by atoms with E-state index in [9.17, 15) is 4.79 Å². The Morgan fingerprint density at radius 2 is 2.31 bits per heavy atom. The van der Waals surface area contributed by atoms with E-state index in [4.69, 9.17) is 14.6 Å². The number of carbonyl (C=O) groups excluding carboxylic acids is 1. The van der Waals surface area contributed by atoms with Crippen LogP contribution in [0.2, 0.25) is 0 Å². The van der Waals surface area contributed by atoms with Crippen LogP contribution in [-0.2, 0) is 11.3 Å². The molecule has 2 rings (SSSR count). The minimum atomic E-state index is -0.413. The second kappa shape index (κ2) is 4.85. The fraction of sp³-hybridized carbons (Fsp3) is 0.364. The number of para-hydroxylation sites is 1. The SMILES string of the molecule is O=C1NCC(COc2ccccc2CO)O1. The third-order valence-corrected chi connectivity index (χ3v) is 2.32. The van der Waals surface area contributed by atoms with Crippen LogP contribution < -0.4 is 10.1 Å². The van der Waals surface area contributed by atoms with Crippen LogP contribution in [-0.4, -0.2) is 30.5 Å². The summed E-state index contributed by atoms with van der Waals surface area (Å²) < 4.78 is 10.4. The van der Waals surface area contributed by atoms with Gasteiger partial charge >= 0.3 is 6.09 Å². The van der Waals surface area contributed by atoms with Gasteiger partial charge in [-0.05, 0) is 6.07 Å². The molecule has 1 fully saturated rings. The first kappa shape index (κ1) is 10.8. The van der Waals surface area contributed by atoms with Crippen molar-refractivity contribution >= 4 is 6.09 Å². The van der Waals surface area contributed by atoms with Gasteiger partial charge in [0.2, 0.25) is 0 Å². The van der Waals surface area contributed by atoms with Crippen molar-refractivity contribution in [1.82, 2.24) is 5.32 Å². The third-order valence-electron chi connectivity index (χ3n) is 2.32. The zero-order valence-corrected chi connectivity index (χ0v) is 8.68. The Kier molecular flexibility index (Phi) is 3.26. The number of rotatable bonds is 4. The maximum Gasteiger partial charge on any atom is 0.407 e. The van der Waals surface area contributed by atoms with Gasteiger partial charge in [-0.15, -0.1) is 0 Å². The number of ether oxygens (including phenoxy) is 2. The summed E-state index contributed by atoms with van der Waals surface area (Å²) >= 11 is 0. The van der Waals surface area contributed by atoms with Crippen LogP contribution in [0.25, 0.3) is 0 Å². The van der Waals surface area contributed by atoms with Crippen molar-refractivity contribution < 1.29 is 19.4 Å². The molecule has 1 aliphatic heterocycles. The van der Waals surface area contributed by atoms with Gasteiger partial charge in [-0.25, -0.2) is 4.79 Å². The minimum Gasteiger partial charge on any atom is -0.489 e. The van der Waals surface area contributed by atoms with Gasteiger partial charge in [0.25, 0.3) is 0 Å². The molecule has 86 valence electrons. The average molecular weight is 223 g/mol. The third kappa shape index (κ3) is 2.43. The summed E-state index contributed by atoms with van der Waals surface area (Å²) in [6, 6.07) is 7.22. The molecular formula is C11H13NO4. The number of aliphatic hydroxyl groups is 1. The lowest BCUT2D eigenvalue weighted by Crippen LogP contribution is -2.22. The standard InChI is InChI=1S/C11H13NO4/c13-6-8-3-1-2-4-10(8)15-7-9-5-12-11(14)16-9/h1-4,9,13H,5-7H2,(H,12,14). The number of amides is 1. The highest BCUT2D eigenvalue weighted by atomic mass is 16.6. The molecule has 5 nitrogen and oxygen atoms in total. The predicted octanol–water partition coefficient (Wildman–Crippen LogP) is 0.666. The highest BCUT2D eigenvalue weighted by Gasteiger charge is 2.23. The molecule has 0 spiro atoms. The van der Waals surface area contributed by atoms with E-state index in [1.165, 1.54) is 0 Å². The molecule has 1 aromatic carbocycles. The molecule has 1 saturated heterocycles. The molecule has 0 aromatic heterocycles. The molecule has 1 heterocycles. The molecule has 16 heavy (non-hydrogen) atoms.